The zero-order valence-electron chi connectivity index (χ0n) is 12.0. The van der Waals surface area contributed by atoms with Crippen molar-refractivity contribution in [1.29, 1.82) is 0 Å². The molecule has 0 fully saturated rings. The molecule has 3 aromatic heterocycles. The maximum atomic E-state index is 12.1. The lowest BCUT2D eigenvalue weighted by Crippen LogP contribution is -2.11. The number of nitrogens with zero attached hydrogens (tertiary/aromatic N) is 2. The average molecular weight is 320 g/mol. The molecule has 5 nitrogen and oxygen atoms in total. The molecule has 0 aliphatic rings. The Balaban J connectivity index is 1.61. The van der Waals surface area contributed by atoms with Crippen LogP contribution in [-0.2, 0) is 0 Å². The molecule has 0 bridgehead atoms. The molecule has 0 radical (unpaired) electrons. The second-order valence-corrected chi connectivity index (χ2v) is 5.84. The van der Waals surface area contributed by atoms with Crippen LogP contribution in [0.5, 0.6) is 0 Å². The summed E-state index contributed by atoms with van der Waals surface area (Å²) in [5.41, 5.74) is 3.44. The lowest BCUT2D eigenvalue weighted by molar-refractivity contribution is 0.102. The zero-order chi connectivity index (χ0) is 15.6. The van der Waals surface area contributed by atoms with Gasteiger partial charge in [-0.15, -0.1) is 11.3 Å². The van der Waals surface area contributed by atoms with Gasteiger partial charge in [0.15, 0.2) is 5.13 Å². The van der Waals surface area contributed by atoms with Crippen LogP contribution in [-0.4, -0.2) is 20.9 Å². The maximum absolute atomic E-state index is 12.1. The lowest BCUT2D eigenvalue weighted by Gasteiger charge is -2.00. The van der Waals surface area contributed by atoms with E-state index in [0.29, 0.717) is 10.7 Å². The van der Waals surface area contributed by atoms with Crippen molar-refractivity contribution in [2.24, 2.45) is 0 Å². The quantitative estimate of drug-likeness (QED) is 0.600. The number of aromatic amines is 1. The first-order valence-electron chi connectivity index (χ1n) is 7.04. The van der Waals surface area contributed by atoms with Crippen LogP contribution in [0.2, 0.25) is 0 Å². The number of hydrogen-bond donors (Lipinski definition) is 2. The van der Waals surface area contributed by atoms with Crippen molar-refractivity contribution in [2.45, 2.75) is 0 Å². The van der Waals surface area contributed by atoms with Gasteiger partial charge in [0.1, 0.15) is 0 Å². The Bertz CT molecular complexity index is 974. The van der Waals surface area contributed by atoms with Crippen LogP contribution in [0.4, 0.5) is 5.13 Å². The molecule has 1 aromatic carbocycles. The number of carbonyl (C=O) groups is 1. The third-order valence-corrected chi connectivity index (χ3v) is 4.27. The van der Waals surface area contributed by atoms with Crippen molar-refractivity contribution >= 4 is 33.3 Å². The molecule has 0 atom stereocenters. The minimum atomic E-state index is -0.210. The summed E-state index contributed by atoms with van der Waals surface area (Å²) >= 11 is 1.40. The highest BCUT2D eigenvalue weighted by atomic mass is 32.1. The van der Waals surface area contributed by atoms with Crippen LogP contribution in [0.1, 0.15) is 10.4 Å². The summed E-state index contributed by atoms with van der Waals surface area (Å²) in [5, 5.41) is 6.43. The highest BCUT2D eigenvalue weighted by Gasteiger charge is 2.12. The molecular formula is C17H12N4OS. The fourth-order valence-electron chi connectivity index (χ4n) is 2.40. The molecule has 3 heterocycles. The molecule has 4 aromatic rings. The Morgan fingerprint density at radius 2 is 2.09 bits per heavy atom. The number of amides is 1. The third-order valence-electron chi connectivity index (χ3n) is 3.51. The van der Waals surface area contributed by atoms with Gasteiger partial charge < -0.3 is 4.98 Å². The van der Waals surface area contributed by atoms with E-state index in [1.807, 2.05) is 29.8 Å². The number of para-hydroxylation sites is 1. The predicted molar refractivity (Wildman–Crippen MR) is 91.6 cm³/mol. The fraction of sp³-hybridized carbons (Fsp3) is 0. The number of H-pyrrole nitrogens is 1. The second kappa shape index (κ2) is 5.66. The summed E-state index contributed by atoms with van der Waals surface area (Å²) in [5.74, 6) is -0.210. The van der Waals surface area contributed by atoms with E-state index in [1.54, 1.807) is 18.3 Å². The van der Waals surface area contributed by atoms with E-state index < -0.39 is 0 Å². The number of benzene rings is 1. The largest absolute Gasteiger partial charge is 0.360 e. The van der Waals surface area contributed by atoms with Gasteiger partial charge in [-0.05, 0) is 18.2 Å². The third kappa shape index (κ3) is 2.60. The summed E-state index contributed by atoms with van der Waals surface area (Å²) in [7, 11) is 0. The SMILES string of the molecule is O=C(Nc1nc(-c2c[nH]c3ccccc23)cs1)c1cccnc1. The molecule has 2 N–H and O–H groups in total. The number of aromatic nitrogens is 3. The van der Waals surface area contributed by atoms with E-state index in [-0.39, 0.29) is 5.91 Å². The lowest BCUT2D eigenvalue weighted by atomic mass is 10.1. The second-order valence-electron chi connectivity index (χ2n) is 4.98. The topological polar surface area (TPSA) is 70.7 Å². The molecule has 0 spiro atoms. The van der Waals surface area contributed by atoms with Crippen LogP contribution in [0.25, 0.3) is 22.2 Å². The molecule has 1 amide bonds. The molecule has 0 unspecified atom stereocenters. The first-order chi connectivity index (χ1) is 11.3. The van der Waals surface area contributed by atoms with Gasteiger partial charge in [-0.1, -0.05) is 18.2 Å². The van der Waals surface area contributed by atoms with Crippen molar-refractivity contribution in [3.05, 3.63) is 65.9 Å². The van der Waals surface area contributed by atoms with Gasteiger partial charge in [-0.25, -0.2) is 4.98 Å². The van der Waals surface area contributed by atoms with Gasteiger partial charge in [0.05, 0.1) is 11.3 Å². The van der Waals surface area contributed by atoms with Gasteiger partial charge in [-0.3, -0.25) is 15.1 Å². The summed E-state index contributed by atoms with van der Waals surface area (Å²) in [4.78, 5) is 23.8. The maximum Gasteiger partial charge on any atom is 0.259 e. The number of hydrogen-bond acceptors (Lipinski definition) is 4. The predicted octanol–water partition coefficient (Wildman–Crippen LogP) is 3.94. The zero-order valence-corrected chi connectivity index (χ0v) is 12.8. The van der Waals surface area contributed by atoms with Gasteiger partial charge in [0.2, 0.25) is 0 Å². The summed E-state index contributed by atoms with van der Waals surface area (Å²) < 4.78 is 0. The van der Waals surface area contributed by atoms with Gasteiger partial charge >= 0.3 is 0 Å². The van der Waals surface area contributed by atoms with E-state index in [9.17, 15) is 4.79 Å². The van der Waals surface area contributed by atoms with Crippen molar-refractivity contribution in [3.8, 4) is 11.3 Å². The van der Waals surface area contributed by atoms with Crippen LogP contribution in [0.15, 0.2) is 60.4 Å². The van der Waals surface area contributed by atoms with Crippen molar-refractivity contribution in [2.75, 3.05) is 5.32 Å². The first kappa shape index (κ1) is 13.7. The fourth-order valence-corrected chi connectivity index (χ4v) is 3.11. The van der Waals surface area contributed by atoms with E-state index in [1.165, 1.54) is 17.5 Å². The molecule has 0 aliphatic heterocycles. The molecule has 112 valence electrons. The summed E-state index contributed by atoms with van der Waals surface area (Å²) in [6, 6.07) is 11.5. The Hall–Kier alpha value is -2.99. The van der Waals surface area contributed by atoms with E-state index in [0.717, 1.165) is 22.2 Å². The Labute approximate surface area is 136 Å². The Kier molecular flexibility index (Phi) is 3.36. The number of nitrogens with one attached hydrogen (secondary N) is 2. The Morgan fingerprint density at radius 1 is 1.17 bits per heavy atom. The van der Waals surface area contributed by atoms with Crippen molar-refractivity contribution in [3.63, 3.8) is 0 Å². The Morgan fingerprint density at radius 3 is 2.96 bits per heavy atom. The number of rotatable bonds is 3. The minimum Gasteiger partial charge on any atom is -0.360 e. The molecule has 0 saturated carbocycles. The number of thiazole rings is 1. The standard InChI is InChI=1S/C17H12N4OS/c22-16(11-4-3-7-18-8-11)21-17-20-15(10-23-17)13-9-19-14-6-2-1-5-12(13)14/h1-10,19H,(H,20,21,22). The molecule has 0 aliphatic carbocycles. The number of fused-ring (bicyclic) bond motifs is 1. The molecule has 4 rings (SSSR count). The molecule has 0 saturated heterocycles. The van der Waals surface area contributed by atoms with Crippen LogP contribution < -0.4 is 5.32 Å². The van der Waals surface area contributed by atoms with Crippen molar-refractivity contribution in [1.82, 2.24) is 15.0 Å². The number of carbonyl (C=O) groups excluding carboxylic acids is 1. The first-order valence-corrected chi connectivity index (χ1v) is 7.92. The normalized spacial score (nSPS) is 10.8. The minimum absolute atomic E-state index is 0.210. The molecular weight excluding hydrogens is 308 g/mol. The van der Waals surface area contributed by atoms with Crippen molar-refractivity contribution < 1.29 is 4.79 Å². The highest BCUT2D eigenvalue weighted by Crippen LogP contribution is 2.30. The van der Waals surface area contributed by atoms with Gasteiger partial charge in [0.25, 0.3) is 5.91 Å². The highest BCUT2D eigenvalue weighted by molar-refractivity contribution is 7.14. The number of pyridine rings is 1. The average Bonchev–Trinajstić information content (AvgIpc) is 3.22. The number of anilines is 1. The van der Waals surface area contributed by atoms with E-state index in [2.05, 4.69) is 26.3 Å². The van der Waals surface area contributed by atoms with Crippen LogP contribution in [0, 0.1) is 0 Å². The smallest absolute Gasteiger partial charge is 0.259 e. The molecule has 6 heteroatoms. The van der Waals surface area contributed by atoms with E-state index in [4.69, 9.17) is 0 Å². The van der Waals surface area contributed by atoms with Crippen LogP contribution >= 0.6 is 11.3 Å². The summed E-state index contributed by atoms with van der Waals surface area (Å²) in [6.07, 6.45) is 5.10. The van der Waals surface area contributed by atoms with E-state index >= 15 is 0 Å². The van der Waals surface area contributed by atoms with Crippen LogP contribution in [0.3, 0.4) is 0 Å². The van der Waals surface area contributed by atoms with Gasteiger partial charge in [-0.2, -0.15) is 0 Å². The summed E-state index contributed by atoms with van der Waals surface area (Å²) in [6.45, 7) is 0. The molecule has 23 heavy (non-hydrogen) atoms. The van der Waals surface area contributed by atoms with Gasteiger partial charge in [0, 0.05) is 40.4 Å². The monoisotopic (exact) mass is 320 g/mol.